The van der Waals surface area contributed by atoms with Gasteiger partial charge in [0.05, 0.1) is 12.5 Å². The van der Waals surface area contributed by atoms with E-state index in [2.05, 4.69) is 21.3 Å². The molecule has 0 unspecified atom stereocenters. The predicted octanol–water partition coefficient (Wildman–Crippen LogP) is -0.338. The van der Waals surface area contributed by atoms with Gasteiger partial charge in [0.15, 0.2) is 12.7 Å². The quantitative estimate of drug-likeness (QED) is 0.0934. The zero-order valence-electron chi connectivity index (χ0n) is 31.2. The number of nitrogens with one attached hydrogen (secondary N) is 4. The number of hydrogen-bond donors (Lipinski definition) is 7. The molecule has 16 nitrogen and oxygen atoms in total. The van der Waals surface area contributed by atoms with Crippen LogP contribution in [0.5, 0.6) is 5.75 Å². The van der Waals surface area contributed by atoms with Crippen LogP contribution in [0.2, 0.25) is 0 Å². The summed E-state index contributed by atoms with van der Waals surface area (Å²) in [6.45, 7) is 6.70. The Balaban J connectivity index is 1.80. The standard InChI is InChI=1S/C38H53N7O9/c1-5-23(4)32(37(52)43-31(22(2)3)34(40)49)44-36(51)28-17-12-18-45(28)38(53)33(48)26(19-24-13-8-6-9-14-24)42-35(50)27(20-29(39)46)41-30(47)21-54-25-15-10-7-11-16-25/h6-11,13-16,22-23,26-28,31-33,48H,5,12,17-21H2,1-4H3,(H2,39,46)(H2,40,49)(H,41,47)(H,42,50)(H,43,52)(H,44,51)/t23-,26+,27+,28+,31+,32+,33+/m1/s1. The van der Waals surface area contributed by atoms with Gasteiger partial charge in [0.2, 0.25) is 29.5 Å². The lowest BCUT2D eigenvalue weighted by molar-refractivity contribution is -0.147. The lowest BCUT2D eigenvalue weighted by Gasteiger charge is -2.32. The van der Waals surface area contributed by atoms with Gasteiger partial charge in [-0.05, 0) is 48.8 Å². The molecule has 3 rings (SSSR count). The van der Waals surface area contributed by atoms with Gasteiger partial charge in [0.1, 0.15) is 29.9 Å². The predicted molar refractivity (Wildman–Crippen MR) is 198 cm³/mol. The van der Waals surface area contributed by atoms with Crippen LogP contribution in [-0.2, 0) is 40.0 Å². The van der Waals surface area contributed by atoms with Crippen molar-refractivity contribution in [3.05, 3.63) is 66.2 Å². The number of carbonyl (C=O) groups is 7. The van der Waals surface area contributed by atoms with Crippen LogP contribution in [0.15, 0.2) is 60.7 Å². The molecular weight excluding hydrogens is 698 g/mol. The highest BCUT2D eigenvalue weighted by Crippen LogP contribution is 2.22. The van der Waals surface area contributed by atoms with Crippen molar-refractivity contribution in [3.8, 4) is 5.75 Å². The van der Waals surface area contributed by atoms with Crippen LogP contribution in [0.25, 0.3) is 0 Å². The summed E-state index contributed by atoms with van der Waals surface area (Å²) in [7, 11) is 0. The van der Waals surface area contributed by atoms with Crippen LogP contribution < -0.4 is 37.5 Å². The number of nitrogens with two attached hydrogens (primary N) is 2. The van der Waals surface area contributed by atoms with Crippen LogP contribution in [0.3, 0.4) is 0 Å². The van der Waals surface area contributed by atoms with Gasteiger partial charge in [-0.25, -0.2) is 0 Å². The number of primary amides is 2. The summed E-state index contributed by atoms with van der Waals surface area (Å²) in [5, 5.41) is 22.0. The van der Waals surface area contributed by atoms with Gasteiger partial charge in [-0.2, -0.15) is 0 Å². The maximum absolute atomic E-state index is 14.0. The van der Waals surface area contributed by atoms with Crippen LogP contribution in [0.4, 0.5) is 0 Å². The number of hydrogen-bond acceptors (Lipinski definition) is 9. The minimum Gasteiger partial charge on any atom is -0.484 e. The van der Waals surface area contributed by atoms with Gasteiger partial charge in [0.25, 0.3) is 11.8 Å². The fourth-order valence-electron chi connectivity index (χ4n) is 6.11. The molecule has 2 aromatic rings. The molecule has 1 aliphatic rings. The summed E-state index contributed by atoms with van der Waals surface area (Å²) in [5.41, 5.74) is 11.5. The Morgan fingerprint density at radius 1 is 0.852 bits per heavy atom. The molecule has 7 atom stereocenters. The van der Waals surface area contributed by atoms with Gasteiger partial charge < -0.3 is 47.5 Å². The lowest BCUT2D eigenvalue weighted by Crippen LogP contribution is -2.60. The molecule has 16 heteroatoms. The largest absolute Gasteiger partial charge is 0.484 e. The van der Waals surface area contributed by atoms with Gasteiger partial charge in [-0.3, -0.25) is 33.6 Å². The van der Waals surface area contributed by atoms with Gasteiger partial charge in [-0.1, -0.05) is 82.6 Å². The fraction of sp³-hybridized carbons (Fsp3) is 0.500. The summed E-state index contributed by atoms with van der Waals surface area (Å²) in [6.07, 6.45) is -1.33. The summed E-state index contributed by atoms with van der Waals surface area (Å²) in [6, 6.07) is 11.4. The highest BCUT2D eigenvalue weighted by atomic mass is 16.5. The molecule has 0 radical (unpaired) electrons. The summed E-state index contributed by atoms with van der Waals surface area (Å²) in [5.74, 6) is -5.53. The zero-order valence-corrected chi connectivity index (χ0v) is 31.2. The Kier molecular flexibility index (Phi) is 16.4. The molecular formula is C38H53N7O9. The van der Waals surface area contributed by atoms with Crippen molar-refractivity contribution in [1.82, 2.24) is 26.2 Å². The molecule has 9 N–H and O–H groups in total. The molecule has 0 spiro atoms. The van der Waals surface area contributed by atoms with Crippen LogP contribution in [0, 0.1) is 11.8 Å². The number of amides is 7. The number of rotatable bonds is 20. The molecule has 294 valence electrons. The van der Waals surface area contributed by atoms with Crippen molar-refractivity contribution in [2.75, 3.05) is 13.2 Å². The Morgan fingerprint density at radius 2 is 1.48 bits per heavy atom. The molecule has 1 aliphatic heterocycles. The SMILES string of the molecule is CC[C@@H](C)[C@H](NC(=O)[C@@H]1CCCN1C(=O)[C@@H](O)[C@H](Cc1ccccc1)NC(=O)[C@H](CC(N)=O)NC(=O)COc1ccccc1)C(=O)N[C@H](C(N)=O)C(C)C. The summed E-state index contributed by atoms with van der Waals surface area (Å²) in [4.78, 5) is 92.5. The number of carbonyl (C=O) groups excluding carboxylic acids is 7. The Morgan fingerprint density at radius 3 is 2.06 bits per heavy atom. The third-order valence-corrected chi connectivity index (χ3v) is 9.33. The number of benzene rings is 2. The minimum atomic E-state index is -1.87. The van der Waals surface area contributed by atoms with Crippen molar-refractivity contribution in [2.24, 2.45) is 23.3 Å². The van der Waals surface area contributed by atoms with Gasteiger partial charge in [-0.15, -0.1) is 0 Å². The molecule has 1 heterocycles. The monoisotopic (exact) mass is 751 g/mol. The zero-order chi connectivity index (χ0) is 39.9. The first-order valence-corrected chi connectivity index (χ1v) is 18.1. The highest BCUT2D eigenvalue weighted by Gasteiger charge is 2.42. The number of likely N-dealkylation sites (tertiary alicyclic amines) is 1. The van der Waals surface area contributed by atoms with Gasteiger partial charge in [0, 0.05) is 6.54 Å². The van der Waals surface area contributed by atoms with E-state index in [1.807, 2.05) is 6.92 Å². The molecule has 7 amide bonds. The van der Waals surface area contributed by atoms with Gasteiger partial charge >= 0.3 is 0 Å². The van der Waals surface area contributed by atoms with E-state index in [1.165, 1.54) is 4.90 Å². The molecule has 0 aliphatic carbocycles. The summed E-state index contributed by atoms with van der Waals surface area (Å²) >= 11 is 0. The van der Waals surface area contributed by atoms with Crippen LogP contribution in [0.1, 0.15) is 58.9 Å². The Hall–Kier alpha value is -5.51. The van der Waals surface area contributed by atoms with Crippen LogP contribution >= 0.6 is 0 Å². The number of para-hydroxylation sites is 1. The number of aliphatic hydroxyl groups excluding tert-OH is 1. The van der Waals surface area contributed by atoms with Crippen molar-refractivity contribution >= 4 is 41.4 Å². The molecule has 0 saturated carbocycles. The smallest absolute Gasteiger partial charge is 0.258 e. The molecule has 0 bridgehead atoms. The first-order valence-electron chi connectivity index (χ1n) is 18.1. The molecule has 1 saturated heterocycles. The highest BCUT2D eigenvalue weighted by molar-refractivity contribution is 5.96. The molecule has 54 heavy (non-hydrogen) atoms. The van der Waals surface area contributed by atoms with Crippen molar-refractivity contribution in [3.63, 3.8) is 0 Å². The third kappa shape index (κ3) is 12.6. The van der Waals surface area contributed by atoms with Crippen molar-refractivity contribution < 1.29 is 43.4 Å². The minimum absolute atomic E-state index is 0.0360. The summed E-state index contributed by atoms with van der Waals surface area (Å²) < 4.78 is 5.44. The van der Waals surface area contributed by atoms with Crippen molar-refractivity contribution in [1.29, 1.82) is 0 Å². The maximum Gasteiger partial charge on any atom is 0.258 e. The van der Waals surface area contributed by atoms with E-state index in [-0.39, 0.29) is 31.2 Å². The van der Waals surface area contributed by atoms with Crippen LogP contribution in [-0.4, -0.2) is 101 Å². The van der Waals surface area contributed by atoms with Crippen molar-refractivity contribution in [2.45, 2.75) is 96.1 Å². The first-order chi connectivity index (χ1) is 25.6. The van der Waals surface area contributed by atoms with E-state index in [0.29, 0.717) is 24.2 Å². The number of ether oxygens (including phenoxy) is 1. The molecule has 1 fully saturated rings. The lowest BCUT2D eigenvalue weighted by atomic mass is 9.96. The molecule has 0 aromatic heterocycles. The van der Waals surface area contributed by atoms with E-state index >= 15 is 0 Å². The third-order valence-electron chi connectivity index (χ3n) is 9.33. The van der Waals surface area contributed by atoms with E-state index in [1.54, 1.807) is 81.4 Å². The second-order valence-corrected chi connectivity index (χ2v) is 13.8. The Labute approximate surface area is 315 Å². The fourth-order valence-corrected chi connectivity index (χ4v) is 6.11. The average molecular weight is 752 g/mol. The van der Waals surface area contributed by atoms with E-state index < -0.39 is 90.7 Å². The van der Waals surface area contributed by atoms with E-state index in [0.717, 1.165) is 0 Å². The topological polar surface area (TPSA) is 252 Å². The number of nitrogens with zero attached hydrogens (tertiary/aromatic N) is 1. The second kappa shape index (κ2) is 20.7. The maximum atomic E-state index is 14.0. The second-order valence-electron chi connectivity index (χ2n) is 13.8. The average Bonchev–Trinajstić information content (AvgIpc) is 3.64. The van der Waals surface area contributed by atoms with E-state index in [4.69, 9.17) is 16.2 Å². The van der Waals surface area contributed by atoms with E-state index in [9.17, 15) is 38.7 Å². The normalized spacial score (nSPS) is 17.2. The first kappa shape index (κ1) is 42.9. The number of aliphatic hydroxyl groups is 1. The Bertz CT molecular complexity index is 1610. The molecule has 2 aromatic carbocycles.